The molecule has 3 aromatic carbocycles. The fourth-order valence-electron chi connectivity index (χ4n) is 3.30. The fourth-order valence-corrected chi connectivity index (χ4v) is 3.53. The first-order valence-electron chi connectivity index (χ1n) is 9.50. The molecule has 0 spiro atoms. The molecule has 5 rings (SSSR count). The van der Waals surface area contributed by atoms with E-state index in [0.717, 1.165) is 27.9 Å². The van der Waals surface area contributed by atoms with Crippen molar-refractivity contribution in [1.82, 2.24) is 20.2 Å². The van der Waals surface area contributed by atoms with Crippen LogP contribution in [0.4, 0.5) is 0 Å². The first-order valence-corrected chi connectivity index (χ1v) is 9.88. The molecule has 6 heteroatoms. The van der Waals surface area contributed by atoms with Crippen LogP contribution in [0.15, 0.2) is 83.4 Å². The third-order valence-corrected chi connectivity index (χ3v) is 5.20. The second-order valence-corrected chi connectivity index (χ2v) is 7.39. The largest absolute Gasteiger partial charge is 0.354 e. The number of para-hydroxylation sites is 1. The van der Waals surface area contributed by atoms with Crippen molar-refractivity contribution in [2.45, 2.75) is 6.92 Å². The van der Waals surface area contributed by atoms with Gasteiger partial charge in [0.2, 0.25) is 0 Å². The van der Waals surface area contributed by atoms with Crippen molar-refractivity contribution in [3.8, 4) is 11.3 Å². The Balaban J connectivity index is 1.67. The topological polar surface area (TPSA) is 56.7 Å². The Morgan fingerprint density at radius 1 is 0.967 bits per heavy atom. The highest BCUT2D eigenvalue weighted by Gasteiger charge is 2.17. The Hall–Kier alpha value is -3.70. The second-order valence-electron chi connectivity index (χ2n) is 6.99. The van der Waals surface area contributed by atoms with Crippen molar-refractivity contribution in [3.63, 3.8) is 0 Å². The molecule has 146 valence electrons. The Morgan fingerprint density at radius 2 is 1.73 bits per heavy atom. The molecule has 0 saturated heterocycles. The van der Waals surface area contributed by atoms with Gasteiger partial charge in [-0.15, -0.1) is 5.10 Å². The number of nitrogens with zero attached hydrogens (tertiary/aromatic N) is 4. The summed E-state index contributed by atoms with van der Waals surface area (Å²) in [5, 5.41) is 13.5. The summed E-state index contributed by atoms with van der Waals surface area (Å²) in [6.45, 7) is 2.06. The zero-order chi connectivity index (χ0) is 20.5. The number of hydrogen-bond donors (Lipinski definition) is 0. The Bertz CT molecular complexity index is 1370. The molecule has 5 aromatic rings. The number of hydrogen-bond acceptors (Lipinski definition) is 4. The van der Waals surface area contributed by atoms with E-state index in [1.54, 1.807) is 4.68 Å². The second kappa shape index (κ2) is 7.61. The lowest BCUT2D eigenvalue weighted by molar-refractivity contribution is 0.410. The van der Waals surface area contributed by atoms with Crippen LogP contribution < -0.4 is 0 Å². The lowest BCUT2D eigenvalue weighted by Gasteiger charge is -2.05. The summed E-state index contributed by atoms with van der Waals surface area (Å²) in [5.41, 5.74) is 6.11. The third kappa shape index (κ3) is 3.40. The van der Waals surface area contributed by atoms with Crippen LogP contribution in [0, 0.1) is 6.92 Å². The monoisotopic (exact) mass is 412 g/mol. The maximum absolute atomic E-state index is 6.35. The molecule has 0 aliphatic rings. The minimum absolute atomic E-state index is 0.571. The number of fused-ring (bicyclic) bond motifs is 1. The van der Waals surface area contributed by atoms with Gasteiger partial charge in [0.1, 0.15) is 16.9 Å². The fraction of sp³-hybridized carbons (Fsp3) is 0.0417. The molecule has 0 aliphatic heterocycles. The zero-order valence-electron chi connectivity index (χ0n) is 16.2. The minimum Gasteiger partial charge on any atom is -0.354 e. The van der Waals surface area contributed by atoms with Gasteiger partial charge in [0.25, 0.3) is 0 Å². The van der Waals surface area contributed by atoms with E-state index >= 15 is 0 Å². The summed E-state index contributed by atoms with van der Waals surface area (Å²) in [4.78, 5) is 0. The van der Waals surface area contributed by atoms with E-state index in [1.807, 2.05) is 60.7 Å². The van der Waals surface area contributed by atoms with Gasteiger partial charge in [0.15, 0.2) is 5.76 Å². The first kappa shape index (κ1) is 18.3. The van der Waals surface area contributed by atoms with Crippen molar-refractivity contribution in [2.24, 2.45) is 0 Å². The lowest BCUT2D eigenvalue weighted by atomic mass is 10.1. The van der Waals surface area contributed by atoms with E-state index in [2.05, 4.69) is 46.7 Å². The summed E-state index contributed by atoms with van der Waals surface area (Å²) in [6.07, 6.45) is 2.01. The van der Waals surface area contributed by atoms with Gasteiger partial charge in [-0.25, -0.2) is 4.68 Å². The van der Waals surface area contributed by atoms with Gasteiger partial charge < -0.3 is 4.52 Å². The molecular weight excluding hydrogens is 396 g/mol. The van der Waals surface area contributed by atoms with Crippen molar-refractivity contribution < 1.29 is 4.52 Å². The van der Waals surface area contributed by atoms with Crippen molar-refractivity contribution >= 4 is 34.4 Å². The number of halogens is 1. The number of aryl methyl sites for hydroxylation is 1. The van der Waals surface area contributed by atoms with Gasteiger partial charge in [0.05, 0.1) is 10.5 Å². The normalized spacial score (nSPS) is 11.9. The molecule has 0 fully saturated rings. The molecule has 0 amide bonds. The molecule has 0 aliphatic carbocycles. The summed E-state index contributed by atoms with van der Waals surface area (Å²) < 4.78 is 7.51. The van der Waals surface area contributed by atoms with Gasteiger partial charge in [-0.3, -0.25) is 0 Å². The van der Waals surface area contributed by atoms with Gasteiger partial charge >= 0.3 is 0 Å². The van der Waals surface area contributed by atoms with E-state index in [1.165, 1.54) is 5.56 Å². The molecule has 0 saturated carbocycles. The quantitative estimate of drug-likeness (QED) is 0.358. The number of aromatic nitrogens is 4. The summed E-state index contributed by atoms with van der Waals surface area (Å²) in [5.74, 6) is 0.571. The summed E-state index contributed by atoms with van der Waals surface area (Å²) >= 11 is 6.35. The van der Waals surface area contributed by atoms with Crippen LogP contribution in [0.25, 0.3) is 34.1 Å². The first-order chi connectivity index (χ1) is 14.7. The Kier molecular flexibility index (Phi) is 4.65. The molecule has 0 radical (unpaired) electrons. The van der Waals surface area contributed by atoms with Crippen LogP contribution in [0.2, 0.25) is 5.02 Å². The van der Waals surface area contributed by atoms with Crippen LogP contribution in [0.3, 0.4) is 0 Å². The molecular formula is C24H17ClN4O. The van der Waals surface area contributed by atoms with Gasteiger partial charge in [-0.2, -0.15) is 0 Å². The van der Waals surface area contributed by atoms with Gasteiger partial charge in [-0.1, -0.05) is 82.1 Å². The average Bonchev–Trinajstić information content (AvgIpc) is 3.41. The van der Waals surface area contributed by atoms with E-state index in [4.69, 9.17) is 16.1 Å². The molecule has 0 atom stereocenters. The van der Waals surface area contributed by atoms with Crippen molar-refractivity contribution in [3.05, 3.63) is 101 Å². The van der Waals surface area contributed by atoms with Crippen LogP contribution in [-0.4, -0.2) is 20.2 Å². The number of rotatable bonds is 4. The molecule has 2 aromatic heterocycles. The predicted molar refractivity (Wildman–Crippen MR) is 119 cm³/mol. The van der Waals surface area contributed by atoms with Crippen LogP contribution in [0.1, 0.15) is 16.9 Å². The van der Waals surface area contributed by atoms with Crippen molar-refractivity contribution in [1.29, 1.82) is 0 Å². The van der Waals surface area contributed by atoms with Crippen LogP contribution >= 0.6 is 11.6 Å². The molecule has 5 nitrogen and oxygen atoms in total. The lowest BCUT2D eigenvalue weighted by Crippen LogP contribution is -2.00. The molecule has 30 heavy (non-hydrogen) atoms. The molecule has 0 N–H and O–H groups in total. The zero-order valence-corrected chi connectivity index (χ0v) is 16.9. The van der Waals surface area contributed by atoms with Gasteiger partial charge in [0, 0.05) is 11.6 Å². The van der Waals surface area contributed by atoms with Crippen molar-refractivity contribution in [2.75, 3.05) is 0 Å². The summed E-state index contributed by atoms with van der Waals surface area (Å²) in [7, 11) is 0. The minimum atomic E-state index is 0.571. The SMILES string of the molecule is Cc1ccc(C=C(c2cc(-c3ccccc3Cl)no2)n2nnc3ccccc32)cc1. The maximum Gasteiger partial charge on any atom is 0.186 e. The summed E-state index contributed by atoms with van der Waals surface area (Å²) in [6, 6.07) is 25.5. The average molecular weight is 413 g/mol. The third-order valence-electron chi connectivity index (χ3n) is 4.87. The van der Waals surface area contributed by atoms with E-state index in [0.29, 0.717) is 16.5 Å². The smallest absolute Gasteiger partial charge is 0.186 e. The van der Waals surface area contributed by atoms with E-state index in [-0.39, 0.29) is 0 Å². The van der Waals surface area contributed by atoms with Crippen LogP contribution in [-0.2, 0) is 0 Å². The van der Waals surface area contributed by atoms with Crippen LogP contribution in [0.5, 0.6) is 0 Å². The maximum atomic E-state index is 6.35. The highest BCUT2D eigenvalue weighted by molar-refractivity contribution is 6.33. The Labute approximate surface area is 178 Å². The molecule has 2 heterocycles. The highest BCUT2D eigenvalue weighted by atomic mass is 35.5. The predicted octanol–water partition coefficient (Wildman–Crippen LogP) is 6.09. The number of benzene rings is 3. The standard InChI is InChI=1S/C24H17ClN4O/c1-16-10-12-17(13-11-16)14-23(29-22-9-5-4-8-20(22)26-28-29)24-15-21(27-30-24)18-6-2-3-7-19(18)25/h2-15H,1H3. The van der Waals surface area contributed by atoms with Gasteiger partial charge in [-0.05, 0) is 36.8 Å². The Morgan fingerprint density at radius 3 is 2.57 bits per heavy atom. The highest BCUT2D eigenvalue weighted by Crippen LogP contribution is 2.31. The molecule has 0 bridgehead atoms. The van der Waals surface area contributed by atoms with E-state index < -0.39 is 0 Å². The molecule has 0 unspecified atom stereocenters. The van der Waals surface area contributed by atoms with E-state index in [9.17, 15) is 0 Å².